The molecule has 0 radical (unpaired) electrons. The fraction of sp³-hybridized carbons (Fsp3) is 0.462. The minimum Gasteiger partial charge on any atom is -0.396 e. The third-order valence-corrected chi connectivity index (χ3v) is 2.37. The topological polar surface area (TPSA) is 58.6 Å². The Morgan fingerprint density at radius 2 is 2.29 bits per heavy atom. The van der Waals surface area contributed by atoms with Crippen molar-refractivity contribution in [3.8, 4) is 0 Å². The van der Waals surface area contributed by atoms with E-state index < -0.39 is 0 Å². The molecule has 0 aliphatic carbocycles. The van der Waals surface area contributed by atoms with E-state index in [1.165, 1.54) is 0 Å². The molecule has 0 aromatic heterocycles. The first-order valence-corrected chi connectivity index (χ1v) is 5.75. The van der Waals surface area contributed by atoms with Gasteiger partial charge in [0.1, 0.15) is 0 Å². The molecule has 0 saturated carbocycles. The van der Waals surface area contributed by atoms with Crippen molar-refractivity contribution in [2.75, 3.05) is 25.6 Å². The summed E-state index contributed by atoms with van der Waals surface area (Å²) < 4.78 is 4.84. The number of hydrogen-bond donors (Lipinski definition) is 2. The number of anilines is 1. The Labute approximate surface area is 102 Å². The number of benzene rings is 1. The highest BCUT2D eigenvalue weighted by Gasteiger charge is 2.02. The Balaban J connectivity index is 2.50. The van der Waals surface area contributed by atoms with Gasteiger partial charge in [-0.25, -0.2) is 0 Å². The maximum absolute atomic E-state index is 11.5. The van der Waals surface area contributed by atoms with Crippen molar-refractivity contribution in [1.82, 2.24) is 0 Å². The second kappa shape index (κ2) is 7.81. The third-order valence-electron chi connectivity index (χ3n) is 2.37. The molecule has 0 saturated heterocycles. The van der Waals surface area contributed by atoms with E-state index in [0.717, 1.165) is 24.1 Å². The van der Waals surface area contributed by atoms with Crippen LogP contribution in [0, 0.1) is 0 Å². The Hall–Kier alpha value is -1.39. The monoisotopic (exact) mass is 237 g/mol. The lowest BCUT2D eigenvalue weighted by molar-refractivity contribution is -0.117. The summed E-state index contributed by atoms with van der Waals surface area (Å²) in [5, 5.41) is 11.6. The van der Waals surface area contributed by atoms with Crippen LogP contribution in [0.25, 0.3) is 0 Å². The second-order valence-corrected chi connectivity index (χ2v) is 3.82. The predicted octanol–water partition coefficient (Wildman–Crippen LogP) is 1.59. The molecule has 4 nitrogen and oxygen atoms in total. The molecule has 0 fully saturated rings. The molecular formula is C13H19NO3. The largest absolute Gasteiger partial charge is 0.396 e. The molecular weight excluding hydrogens is 218 g/mol. The lowest BCUT2D eigenvalue weighted by atomic mass is 10.1. The van der Waals surface area contributed by atoms with Crippen LogP contribution in [0.4, 0.5) is 5.69 Å². The number of rotatable bonds is 7. The highest BCUT2D eigenvalue weighted by molar-refractivity contribution is 5.90. The van der Waals surface area contributed by atoms with Gasteiger partial charge in [0.25, 0.3) is 0 Å². The molecule has 1 aromatic carbocycles. The molecule has 17 heavy (non-hydrogen) atoms. The van der Waals surface area contributed by atoms with Gasteiger partial charge in [-0.05, 0) is 30.5 Å². The van der Waals surface area contributed by atoms with Gasteiger partial charge >= 0.3 is 0 Å². The fourth-order valence-corrected chi connectivity index (χ4v) is 1.51. The number of aryl methyl sites for hydroxylation is 1. The molecule has 0 spiro atoms. The number of aliphatic hydroxyl groups is 1. The van der Waals surface area contributed by atoms with Crippen LogP contribution < -0.4 is 5.32 Å². The molecule has 2 N–H and O–H groups in total. The first kappa shape index (κ1) is 13.7. The lowest BCUT2D eigenvalue weighted by Gasteiger charge is -2.07. The quantitative estimate of drug-likeness (QED) is 0.757. The zero-order valence-corrected chi connectivity index (χ0v) is 10.1. The van der Waals surface area contributed by atoms with Crippen molar-refractivity contribution in [3.63, 3.8) is 0 Å². The molecule has 1 aromatic rings. The third kappa shape index (κ3) is 5.47. The molecule has 1 rings (SSSR count). The molecule has 1 amide bonds. The molecule has 0 aliphatic heterocycles. The van der Waals surface area contributed by atoms with E-state index in [-0.39, 0.29) is 12.5 Å². The SMILES string of the molecule is COCCC(=O)Nc1cccc(CCCO)c1. The highest BCUT2D eigenvalue weighted by atomic mass is 16.5. The lowest BCUT2D eigenvalue weighted by Crippen LogP contribution is -2.13. The smallest absolute Gasteiger partial charge is 0.226 e. The van der Waals surface area contributed by atoms with Gasteiger partial charge in [0.05, 0.1) is 13.0 Å². The van der Waals surface area contributed by atoms with Gasteiger partial charge in [-0.15, -0.1) is 0 Å². The number of methoxy groups -OCH3 is 1. The van der Waals surface area contributed by atoms with Crippen LogP contribution in [0.2, 0.25) is 0 Å². The second-order valence-electron chi connectivity index (χ2n) is 3.82. The summed E-state index contributed by atoms with van der Waals surface area (Å²) in [7, 11) is 1.57. The number of amides is 1. The van der Waals surface area contributed by atoms with Crippen LogP contribution in [-0.2, 0) is 16.0 Å². The average Bonchev–Trinajstić information content (AvgIpc) is 2.34. The molecule has 0 bridgehead atoms. The molecule has 94 valence electrons. The van der Waals surface area contributed by atoms with Gasteiger partial charge in [0.15, 0.2) is 0 Å². The van der Waals surface area contributed by atoms with Gasteiger partial charge in [-0.1, -0.05) is 12.1 Å². The van der Waals surface area contributed by atoms with E-state index >= 15 is 0 Å². The Morgan fingerprint density at radius 3 is 3.00 bits per heavy atom. The van der Waals surface area contributed by atoms with Crippen LogP contribution in [0.3, 0.4) is 0 Å². The van der Waals surface area contributed by atoms with E-state index in [4.69, 9.17) is 9.84 Å². The predicted molar refractivity (Wildman–Crippen MR) is 67.0 cm³/mol. The Kier molecular flexibility index (Phi) is 6.29. The molecule has 0 atom stereocenters. The Morgan fingerprint density at radius 1 is 1.47 bits per heavy atom. The summed E-state index contributed by atoms with van der Waals surface area (Å²) in [5.74, 6) is -0.0499. The summed E-state index contributed by atoms with van der Waals surface area (Å²) in [4.78, 5) is 11.5. The van der Waals surface area contributed by atoms with Crippen LogP contribution in [0.15, 0.2) is 24.3 Å². The highest BCUT2D eigenvalue weighted by Crippen LogP contribution is 2.12. The standard InChI is InChI=1S/C13H19NO3/c1-17-9-7-13(16)14-12-6-2-4-11(10-12)5-3-8-15/h2,4,6,10,15H,3,5,7-9H2,1H3,(H,14,16). The molecule has 0 unspecified atom stereocenters. The van der Waals surface area contributed by atoms with Crippen LogP contribution in [0.5, 0.6) is 0 Å². The van der Waals surface area contributed by atoms with Crippen LogP contribution in [0.1, 0.15) is 18.4 Å². The van der Waals surface area contributed by atoms with E-state index in [9.17, 15) is 4.79 Å². The summed E-state index contributed by atoms with van der Waals surface area (Å²) in [5.41, 5.74) is 1.91. The maximum Gasteiger partial charge on any atom is 0.226 e. The fourth-order valence-electron chi connectivity index (χ4n) is 1.51. The van der Waals surface area contributed by atoms with Gasteiger partial charge in [-0.2, -0.15) is 0 Å². The van der Waals surface area contributed by atoms with Crippen molar-refractivity contribution in [1.29, 1.82) is 0 Å². The van der Waals surface area contributed by atoms with E-state index in [1.807, 2.05) is 24.3 Å². The molecule has 0 heterocycles. The normalized spacial score (nSPS) is 10.2. The summed E-state index contributed by atoms with van der Waals surface area (Å²) in [6.07, 6.45) is 1.91. The van der Waals surface area contributed by atoms with Crippen molar-refractivity contribution in [3.05, 3.63) is 29.8 Å². The number of nitrogens with one attached hydrogen (secondary N) is 1. The number of aliphatic hydroxyl groups excluding tert-OH is 1. The summed E-state index contributed by atoms with van der Waals surface area (Å²) in [6, 6.07) is 7.67. The van der Waals surface area contributed by atoms with Gasteiger partial charge < -0.3 is 15.2 Å². The van der Waals surface area contributed by atoms with Crippen molar-refractivity contribution in [2.24, 2.45) is 0 Å². The van der Waals surface area contributed by atoms with Gasteiger partial charge in [0.2, 0.25) is 5.91 Å². The number of carbonyl (C=O) groups is 1. The van der Waals surface area contributed by atoms with Crippen molar-refractivity contribution < 1.29 is 14.6 Å². The number of carbonyl (C=O) groups excluding carboxylic acids is 1. The first-order chi connectivity index (χ1) is 8.26. The minimum absolute atomic E-state index is 0.0499. The van der Waals surface area contributed by atoms with Gasteiger partial charge in [-0.3, -0.25) is 4.79 Å². The first-order valence-electron chi connectivity index (χ1n) is 5.75. The zero-order valence-electron chi connectivity index (χ0n) is 10.1. The minimum atomic E-state index is -0.0499. The van der Waals surface area contributed by atoms with E-state index in [1.54, 1.807) is 7.11 Å². The number of ether oxygens (including phenoxy) is 1. The van der Waals surface area contributed by atoms with Gasteiger partial charge in [0, 0.05) is 19.4 Å². The summed E-state index contributed by atoms with van der Waals surface area (Å²) in [6.45, 7) is 0.612. The van der Waals surface area contributed by atoms with E-state index in [2.05, 4.69) is 5.32 Å². The van der Waals surface area contributed by atoms with E-state index in [0.29, 0.717) is 13.0 Å². The molecule has 4 heteroatoms. The average molecular weight is 237 g/mol. The van der Waals surface area contributed by atoms with Crippen LogP contribution >= 0.6 is 0 Å². The molecule has 0 aliphatic rings. The maximum atomic E-state index is 11.5. The summed E-state index contributed by atoms with van der Waals surface area (Å²) >= 11 is 0. The number of hydrogen-bond acceptors (Lipinski definition) is 3. The zero-order chi connectivity index (χ0) is 12.5. The Bertz CT molecular complexity index is 352. The van der Waals surface area contributed by atoms with Crippen LogP contribution in [-0.4, -0.2) is 31.3 Å². The van der Waals surface area contributed by atoms with Crippen molar-refractivity contribution >= 4 is 11.6 Å². The van der Waals surface area contributed by atoms with Crippen molar-refractivity contribution in [2.45, 2.75) is 19.3 Å².